The second-order valence-corrected chi connectivity index (χ2v) is 5.44. The predicted molar refractivity (Wildman–Crippen MR) is 75.4 cm³/mol. The molecule has 0 aliphatic heterocycles. The van der Waals surface area contributed by atoms with Gasteiger partial charge >= 0.3 is 0 Å². The summed E-state index contributed by atoms with van der Waals surface area (Å²) >= 11 is 3.39. The fourth-order valence-electron chi connectivity index (χ4n) is 1.56. The summed E-state index contributed by atoms with van der Waals surface area (Å²) < 4.78 is 19.1. The molecule has 0 saturated carbocycles. The first-order valence-corrected chi connectivity index (χ1v) is 7.12. The lowest BCUT2D eigenvalue weighted by Crippen LogP contribution is -2.19. The first-order valence-electron chi connectivity index (χ1n) is 6.00. The molecule has 0 heterocycles. The van der Waals surface area contributed by atoms with Crippen molar-refractivity contribution in [3.8, 4) is 5.75 Å². The van der Waals surface area contributed by atoms with Gasteiger partial charge in [-0.25, -0.2) is 4.39 Å². The highest BCUT2D eigenvalue weighted by Gasteiger charge is 2.18. The average Bonchev–Trinajstić information content (AvgIpc) is 2.32. The summed E-state index contributed by atoms with van der Waals surface area (Å²) in [5.74, 6) is 0.0283. The highest BCUT2D eigenvalue weighted by Crippen LogP contribution is 2.28. The molecule has 106 valence electrons. The van der Waals surface area contributed by atoms with Crippen molar-refractivity contribution < 1.29 is 14.1 Å². The third-order valence-electron chi connectivity index (χ3n) is 3.04. The molecule has 0 radical (unpaired) electrons. The minimum atomic E-state index is -0.700. The molecule has 0 aliphatic carbocycles. The molecule has 0 aliphatic rings. The van der Waals surface area contributed by atoms with Crippen molar-refractivity contribution in [2.24, 2.45) is 11.8 Å². The van der Waals surface area contributed by atoms with E-state index >= 15 is 0 Å². The maximum Gasteiger partial charge on any atom is 0.275 e. The van der Waals surface area contributed by atoms with Crippen LogP contribution >= 0.6 is 15.9 Å². The zero-order valence-corrected chi connectivity index (χ0v) is 12.7. The van der Waals surface area contributed by atoms with Gasteiger partial charge in [-0.1, -0.05) is 29.8 Å². The standard InChI is InChI=1S/C13H17BrFNO3/c1-8(2)10(6-14)7-19-13-4-9(3)12(16(17)18)5-11(13)15/h4-5,8,10H,6-7H2,1-3H3. The Balaban J connectivity index is 2.85. The van der Waals surface area contributed by atoms with E-state index in [0.717, 1.165) is 11.4 Å². The summed E-state index contributed by atoms with van der Waals surface area (Å²) in [6.07, 6.45) is 0. The minimum Gasteiger partial charge on any atom is -0.490 e. The second-order valence-electron chi connectivity index (χ2n) is 4.80. The number of rotatable bonds is 6. The van der Waals surface area contributed by atoms with Gasteiger partial charge in [-0.3, -0.25) is 10.1 Å². The lowest BCUT2D eigenvalue weighted by atomic mass is 9.99. The summed E-state index contributed by atoms with van der Waals surface area (Å²) in [6.45, 7) is 6.06. The summed E-state index contributed by atoms with van der Waals surface area (Å²) in [5, 5.41) is 11.4. The molecule has 1 atom stereocenters. The Morgan fingerprint density at radius 3 is 2.58 bits per heavy atom. The van der Waals surface area contributed by atoms with Crippen LogP contribution in [0.5, 0.6) is 5.75 Å². The number of nitro benzene ring substituents is 1. The molecule has 1 aromatic carbocycles. The number of hydrogen-bond acceptors (Lipinski definition) is 3. The van der Waals surface area contributed by atoms with Gasteiger partial charge in [0.1, 0.15) is 0 Å². The molecule has 0 amide bonds. The Bertz CT molecular complexity index is 465. The van der Waals surface area contributed by atoms with Crippen molar-refractivity contribution >= 4 is 21.6 Å². The van der Waals surface area contributed by atoms with Gasteiger partial charge in [0.2, 0.25) is 0 Å². The summed E-state index contributed by atoms with van der Waals surface area (Å²) in [6, 6.07) is 2.28. The lowest BCUT2D eigenvalue weighted by Gasteiger charge is -2.19. The van der Waals surface area contributed by atoms with Crippen molar-refractivity contribution in [2.45, 2.75) is 20.8 Å². The largest absolute Gasteiger partial charge is 0.490 e. The van der Waals surface area contributed by atoms with Gasteiger partial charge in [0.05, 0.1) is 17.6 Å². The van der Waals surface area contributed by atoms with Gasteiger partial charge in [0.15, 0.2) is 11.6 Å². The van der Waals surface area contributed by atoms with Crippen molar-refractivity contribution in [1.82, 2.24) is 0 Å². The predicted octanol–water partition coefficient (Wildman–Crippen LogP) is 4.09. The van der Waals surface area contributed by atoms with E-state index in [1.807, 2.05) is 0 Å². The van der Waals surface area contributed by atoms with E-state index in [1.54, 1.807) is 6.92 Å². The van der Waals surface area contributed by atoms with Crippen LogP contribution in [0.4, 0.5) is 10.1 Å². The van der Waals surface area contributed by atoms with Crippen LogP contribution in [-0.2, 0) is 0 Å². The van der Waals surface area contributed by atoms with Crippen LogP contribution < -0.4 is 4.74 Å². The molecule has 0 fully saturated rings. The zero-order valence-electron chi connectivity index (χ0n) is 11.2. The van der Waals surface area contributed by atoms with Crippen molar-refractivity contribution in [3.05, 3.63) is 33.6 Å². The fourth-order valence-corrected chi connectivity index (χ4v) is 2.50. The molecule has 0 saturated heterocycles. The monoisotopic (exact) mass is 333 g/mol. The van der Waals surface area contributed by atoms with Crippen LogP contribution in [0, 0.1) is 34.7 Å². The maximum absolute atomic E-state index is 13.7. The number of halogens is 2. The Morgan fingerprint density at radius 1 is 1.47 bits per heavy atom. The molecular formula is C13H17BrFNO3. The van der Waals surface area contributed by atoms with E-state index in [4.69, 9.17) is 4.74 Å². The van der Waals surface area contributed by atoms with E-state index in [2.05, 4.69) is 29.8 Å². The highest BCUT2D eigenvalue weighted by molar-refractivity contribution is 9.09. The molecule has 0 N–H and O–H groups in total. The molecule has 19 heavy (non-hydrogen) atoms. The number of nitrogens with zero attached hydrogens (tertiary/aromatic N) is 1. The summed E-state index contributed by atoms with van der Waals surface area (Å²) in [7, 11) is 0. The summed E-state index contributed by atoms with van der Waals surface area (Å²) in [5.41, 5.74) is 0.159. The highest BCUT2D eigenvalue weighted by atomic mass is 79.9. The molecule has 4 nitrogen and oxygen atoms in total. The Labute approximate surface area is 120 Å². The van der Waals surface area contributed by atoms with E-state index < -0.39 is 10.7 Å². The number of nitro groups is 1. The molecule has 1 aromatic rings. The molecule has 1 unspecified atom stereocenters. The van der Waals surface area contributed by atoms with E-state index in [-0.39, 0.29) is 17.4 Å². The molecule has 6 heteroatoms. The lowest BCUT2D eigenvalue weighted by molar-refractivity contribution is -0.385. The average molecular weight is 334 g/mol. The van der Waals surface area contributed by atoms with Crippen LogP contribution in [0.25, 0.3) is 0 Å². The van der Waals surface area contributed by atoms with Crippen LogP contribution in [0.1, 0.15) is 19.4 Å². The Kier molecular flexibility index (Phi) is 5.72. The van der Waals surface area contributed by atoms with Crippen LogP contribution in [0.2, 0.25) is 0 Å². The van der Waals surface area contributed by atoms with Crippen molar-refractivity contribution in [2.75, 3.05) is 11.9 Å². The van der Waals surface area contributed by atoms with Gasteiger partial charge in [0, 0.05) is 16.8 Å². The Hall–Kier alpha value is -1.17. The smallest absolute Gasteiger partial charge is 0.275 e. The van der Waals surface area contributed by atoms with E-state index in [9.17, 15) is 14.5 Å². The normalized spacial score (nSPS) is 12.5. The maximum atomic E-state index is 13.7. The third-order valence-corrected chi connectivity index (χ3v) is 3.87. The van der Waals surface area contributed by atoms with Crippen molar-refractivity contribution in [3.63, 3.8) is 0 Å². The third kappa shape index (κ3) is 4.16. The van der Waals surface area contributed by atoms with Crippen LogP contribution in [-0.4, -0.2) is 16.9 Å². The molecule has 0 aromatic heterocycles. The van der Waals surface area contributed by atoms with Gasteiger partial charge in [-0.2, -0.15) is 0 Å². The van der Waals surface area contributed by atoms with Gasteiger partial charge in [-0.15, -0.1) is 0 Å². The SMILES string of the molecule is Cc1cc(OCC(CBr)C(C)C)c(F)cc1[N+](=O)[O-]. The second kappa shape index (κ2) is 6.84. The topological polar surface area (TPSA) is 52.4 Å². The van der Waals surface area contributed by atoms with Crippen molar-refractivity contribution in [1.29, 1.82) is 0 Å². The summed E-state index contributed by atoms with van der Waals surface area (Å²) in [4.78, 5) is 10.1. The fraction of sp³-hybridized carbons (Fsp3) is 0.538. The van der Waals surface area contributed by atoms with E-state index in [1.165, 1.54) is 6.07 Å². The van der Waals surface area contributed by atoms with Crippen LogP contribution in [0.3, 0.4) is 0 Å². The quantitative estimate of drug-likeness (QED) is 0.447. The van der Waals surface area contributed by atoms with Gasteiger partial charge < -0.3 is 4.74 Å². The number of ether oxygens (including phenoxy) is 1. The Morgan fingerprint density at radius 2 is 2.11 bits per heavy atom. The number of alkyl halides is 1. The minimum absolute atomic E-state index is 0.0645. The number of benzene rings is 1. The molecular weight excluding hydrogens is 317 g/mol. The van der Waals surface area contributed by atoms with Gasteiger partial charge in [-0.05, 0) is 18.9 Å². The first-order chi connectivity index (χ1) is 8.86. The zero-order chi connectivity index (χ0) is 14.6. The van der Waals surface area contributed by atoms with E-state index in [0.29, 0.717) is 18.1 Å². The number of hydrogen-bond donors (Lipinski definition) is 0. The first kappa shape index (κ1) is 15.9. The molecule has 0 spiro atoms. The van der Waals surface area contributed by atoms with Gasteiger partial charge in [0.25, 0.3) is 5.69 Å². The number of aryl methyl sites for hydroxylation is 1. The molecule has 1 rings (SSSR count). The molecule has 0 bridgehead atoms. The van der Waals surface area contributed by atoms with Crippen LogP contribution in [0.15, 0.2) is 12.1 Å².